The number of aromatic hydroxyl groups is 1. The molecule has 3 aromatic rings. The molecule has 6 heteroatoms. The molecule has 0 spiro atoms. The Hall–Kier alpha value is -3.41. The molecule has 0 unspecified atom stereocenters. The Labute approximate surface area is 180 Å². The van der Waals surface area contributed by atoms with Crippen LogP contribution in [-0.4, -0.2) is 38.1 Å². The van der Waals surface area contributed by atoms with Crippen molar-refractivity contribution in [2.75, 3.05) is 6.54 Å². The van der Waals surface area contributed by atoms with E-state index in [-0.39, 0.29) is 29.6 Å². The molecule has 0 radical (unpaired) electrons. The number of hydrogen-bond donors (Lipinski definition) is 1. The highest BCUT2D eigenvalue weighted by molar-refractivity contribution is 5.96. The first-order valence-electron chi connectivity index (χ1n) is 10.7. The molecule has 31 heavy (non-hydrogen) atoms. The molecular weight excluding hydrogens is 390 g/mol. The predicted molar refractivity (Wildman–Crippen MR) is 118 cm³/mol. The van der Waals surface area contributed by atoms with Gasteiger partial charge in [-0.3, -0.25) is 9.59 Å². The quantitative estimate of drug-likeness (QED) is 0.697. The van der Waals surface area contributed by atoms with E-state index >= 15 is 0 Å². The van der Waals surface area contributed by atoms with Gasteiger partial charge in [0.15, 0.2) is 5.69 Å². The Kier molecular flexibility index (Phi) is 4.65. The van der Waals surface area contributed by atoms with Crippen LogP contribution in [0.3, 0.4) is 0 Å². The molecule has 0 saturated heterocycles. The highest BCUT2D eigenvalue weighted by atomic mass is 16.3. The Bertz CT molecular complexity index is 1180. The van der Waals surface area contributed by atoms with Gasteiger partial charge in [-0.25, -0.2) is 0 Å². The first kappa shape index (κ1) is 19.5. The van der Waals surface area contributed by atoms with Crippen molar-refractivity contribution in [1.82, 2.24) is 14.5 Å². The van der Waals surface area contributed by atoms with Gasteiger partial charge in [0.05, 0.1) is 12.4 Å². The average molecular weight is 415 g/mol. The van der Waals surface area contributed by atoms with Crippen LogP contribution >= 0.6 is 0 Å². The molecule has 2 heterocycles. The van der Waals surface area contributed by atoms with Crippen molar-refractivity contribution in [2.45, 2.75) is 44.7 Å². The summed E-state index contributed by atoms with van der Waals surface area (Å²) in [6.07, 6.45) is 3.32. The van der Waals surface area contributed by atoms with Crippen LogP contribution < -0.4 is 5.56 Å². The van der Waals surface area contributed by atoms with E-state index in [0.29, 0.717) is 6.54 Å². The van der Waals surface area contributed by atoms with Gasteiger partial charge in [-0.2, -0.15) is 4.98 Å². The largest absolute Gasteiger partial charge is 0.501 e. The molecule has 0 fully saturated rings. The number of benzene rings is 2. The minimum atomic E-state index is -0.773. The summed E-state index contributed by atoms with van der Waals surface area (Å²) in [6.45, 7) is 4.38. The van der Waals surface area contributed by atoms with Crippen LogP contribution in [0.15, 0.2) is 59.7 Å². The number of amides is 1. The van der Waals surface area contributed by atoms with Gasteiger partial charge < -0.3 is 14.6 Å². The van der Waals surface area contributed by atoms with Crippen LogP contribution in [0.25, 0.3) is 0 Å². The average Bonchev–Trinajstić information content (AvgIpc) is 2.93. The van der Waals surface area contributed by atoms with E-state index in [1.54, 1.807) is 9.47 Å². The molecule has 2 aromatic carbocycles. The van der Waals surface area contributed by atoms with Crippen molar-refractivity contribution in [3.63, 3.8) is 0 Å². The van der Waals surface area contributed by atoms with E-state index < -0.39 is 11.3 Å². The zero-order chi connectivity index (χ0) is 21.7. The van der Waals surface area contributed by atoms with Crippen molar-refractivity contribution >= 4 is 5.91 Å². The lowest BCUT2D eigenvalue weighted by Crippen LogP contribution is -2.49. The van der Waals surface area contributed by atoms with Crippen LogP contribution in [0, 0.1) is 0 Å². The molecule has 1 N–H and O–H groups in total. The standard InChI is InChI=1S/C25H25N3O3/c1-15(2)27-13-20(28-14-26-24(30)23(29)22(28)25(27)31)21-18-9-5-3-7-16(18)11-12-17-8-4-6-10-19(17)21/h3-10,14-15,20-21,29H,11-13H2,1-2H3/t20-/m1/s1. The number of carbonyl (C=O) groups is 1. The van der Waals surface area contributed by atoms with Gasteiger partial charge in [-0.1, -0.05) is 48.5 Å². The van der Waals surface area contributed by atoms with Gasteiger partial charge in [0, 0.05) is 18.5 Å². The minimum absolute atomic E-state index is 0.0316. The van der Waals surface area contributed by atoms with Gasteiger partial charge in [-0.15, -0.1) is 0 Å². The maximum absolute atomic E-state index is 13.2. The third kappa shape index (κ3) is 3.05. The molecule has 2 aliphatic rings. The number of nitrogens with zero attached hydrogens (tertiary/aromatic N) is 3. The summed E-state index contributed by atoms with van der Waals surface area (Å²) in [5.41, 5.74) is 4.28. The smallest absolute Gasteiger partial charge is 0.315 e. The second-order valence-corrected chi connectivity index (χ2v) is 8.65. The fourth-order valence-electron chi connectivity index (χ4n) is 5.12. The molecule has 1 aliphatic carbocycles. The van der Waals surface area contributed by atoms with Gasteiger partial charge in [0.1, 0.15) is 0 Å². The summed E-state index contributed by atoms with van der Waals surface area (Å²) in [5, 5.41) is 10.5. The third-order valence-electron chi connectivity index (χ3n) is 6.64. The molecule has 1 aliphatic heterocycles. The zero-order valence-corrected chi connectivity index (χ0v) is 17.7. The summed E-state index contributed by atoms with van der Waals surface area (Å²) in [7, 11) is 0. The van der Waals surface area contributed by atoms with Crippen LogP contribution in [0.2, 0.25) is 0 Å². The van der Waals surface area contributed by atoms with E-state index in [4.69, 9.17) is 0 Å². The van der Waals surface area contributed by atoms with E-state index in [2.05, 4.69) is 53.5 Å². The Morgan fingerprint density at radius 3 is 2.13 bits per heavy atom. The number of rotatable bonds is 2. The van der Waals surface area contributed by atoms with Crippen molar-refractivity contribution in [3.8, 4) is 5.75 Å². The van der Waals surface area contributed by atoms with Crippen molar-refractivity contribution in [3.05, 3.63) is 93.2 Å². The number of hydrogen-bond acceptors (Lipinski definition) is 4. The maximum atomic E-state index is 13.2. The van der Waals surface area contributed by atoms with Gasteiger partial charge in [-0.05, 0) is 48.9 Å². The lowest BCUT2D eigenvalue weighted by atomic mass is 9.81. The van der Waals surface area contributed by atoms with Crippen LogP contribution in [-0.2, 0) is 12.8 Å². The molecule has 158 valence electrons. The van der Waals surface area contributed by atoms with Gasteiger partial charge in [0.2, 0.25) is 5.75 Å². The summed E-state index contributed by atoms with van der Waals surface area (Å²) in [6, 6.07) is 16.6. The molecule has 0 saturated carbocycles. The van der Waals surface area contributed by atoms with E-state index in [0.717, 1.165) is 12.8 Å². The topological polar surface area (TPSA) is 75.4 Å². The first-order valence-corrected chi connectivity index (χ1v) is 10.7. The molecule has 1 atom stereocenters. The van der Waals surface area contributed by atoms with E-state index in [9.17, 15) is 14.7 Å². The summed E-state index contributed by atoms with van der Waals surface area (Å²) < 4.78 is 1.72. The molecular formula is C25H25N3O3. The second kappa shape index (κ2) is 7.38. The minimum Gasteiger partial charge on any atom is -0.501 e. The summed E-state index contributed by atoms with van der Waals surface area (Å²) in [4.78, 5) is 30.9. The van der Waals surface area contributed by atoms with Crippen molar-refractivity contribution < 1.29 is 9.90 Å². The normalized spacial score (nSPS) is 18.4. The van der Waals surface area contributed by atoms with Crippen molar-refractivity contribution in [2.24, 2.45) is 0 Å². The molecule has 6 nitrogen and oxygen atoms in total. The number of aromatic nitrogens is 2. The summed E-state index contributed by atoms with van der Waals surface area (Å²) >= 11 is 0. The monoisotopic (exact) mass is 415 g/mol. The van der Waals surface area contributed by atoms with Gasteiger partial charge in [0.25, 0.3) is 5.91 Å². The molecule has 0 bridgehead atoms. The third-order valence-corrected chi connectivity index (χ3v) is 6.64. The number of carbonyl (C=O) groups excluding carboxylic acids is 1. The molecule has 5 rings (SSSR count). The SMILES string of the molecule is CC(C)N1C[C@H](C2c3ccccc3CCc3ccccc32)n2cnc(=O)c(O)c2C1=O. The van der Waals surface area contributed by atoms with Crippen LogP contribution in [0.5, 0.6) is 5.75 Å². The second-order valence-electron chi connectivity index (χ2n) is 8.65. The number of aryl methyl sites for hydroxylation is 2. The Morgan fingerprint density at radius 1 is 0.968 bits per heavy atom. The highest BCUT2D eigenvalue weighted by Crippen LogP contribution is 2.44. The van der Waals surface area contributed by atoms with Crippen molar-refractivity contribution in [1.29, 1.82) is 0 Å². The lowest BCUT2D eigenvalue weighted by molar-refractivity contribution is 0.0585. The van der Waals surface area contributed by atoms with E-state index in [1.807, 2.05) is 13.8 Å². The predicted octanol–water partition coefficient (Wildman–Crippen LogP) is 3.28. The fraction of sp³-hybridized carbons (Fsp3) is 0.320. The van der Waals surface area contributed by atoms with E-state index in [1.165, 1.54) is 28.6 Å². The van der Waals surface area contributed by atoms with Crippen LogP contribution in [0.1, 0.15) is 58.5 Å². The molecule has 1 aromatic heterocycles. The first-order chi connectivity index (χ1) is 15.0. The Balaban J connectivity index is 1.79. The van der Waals surface area contributed by atoms with Crippen LogP contribution in [0.4, 0.5) is 0 Å². The number of fused-ring (bicyclic) bond motifs is 3. The lowest BCUT2D eigenvalue weighted by Gasteiger charge is -2.42. The maximum Gasteiger partial charge on any atom is 0.315 e. The summed E-state index contributed by atoms with van der Waals surface area (Å²) in [5.74, 6) is -0.941. The Morgan fingerprint density at radius 2 is 1.55 bits per heavy atom. The molecule has 1 amide bonds. The van der Waals surface area contributed by atoms with Gasteiger partial charge >= 0.3 is 5.56 Å². The highest BCUT2D eigenvalue weighted by Gasteiger charge is 2.41. The zero-order valence-electron chi connectivity index (χ0n) is 17.7. The fourth-order valence-corrected chi connectivity index (χ4v) is 5.12.